The number of nitrogens with one attached hydrogen (secondary N) is 2. The average molecular weight is 476 g/mol. The largest absolute Gasteiger partial charge is 0.378 e. The van der Waals surface area contributed by atoms with E-state index >= 15 is 0 Å². The van der Waals surface area contributed by atoms with Crippen LogP contribution in [-0.4, -0.2) is 36.4 Å². The molecule has 2 aliphatic rings. The van der Waals surface area contributed by atoms with E-state index in [1.54, 1.807) is 0 Å². The molecule has 1 spiro atoms. The van der Waals surface area contributed by atoms with Crippen molar-refractivity contribution < 1.29 is 9.26 Å². The van der Waals surface area contributed by atoms with Crippen molar-refractivity contribution in [3.63, 3.8) is 0 Å². The van der Waals surface area contributed by atoms with Gasteiger partial charge in [-0.3, -0.25) is 0 Å². The Morgan fingerprint density at radius 3 is 2.73 bits per heavy atom. The molecule has 2 unspecified atom stereocenters. The van der Waals surface area contributed by atoms with Gasteiger partial charge in [0.25, 0.3) is 0 Å². The molecule has 1 heterocycles. The van der Waals surface area contributed by atoms with Crippen molar-refractivity contribution in [2.45, 2.75) is 78.0 Å². The van der Waals surface area contributed by atoms with Crippen LogP contribution < -0.4 is 10.6 Å². The Hall–Kier alpha value is -0.830. The number of rotatable bonds is 7. The Balaban J connectivity index is 0.00000243. The van der Waals surface area contributed by atoms with Gasteiger partial charge in [-0.1, -0.05) is 25.4 Å². The minimum atomic E-state index is 0. The summed E-state index contributed by atoms with van der Waals surface area (Å²) in [5.74, 6) is 2.04. The SMILES string of the molecule is CCNC(=NCc1cc(C(C)C)no1)NC1CC(OCC)C12CCC2.I. The van der Waals surface area contributed by atoms with E-state index < -0.39 is 0 Å². The van der Waals surface area contributed by atoms with Crippen LogP contribution in [0.2, 0.25) is 0 Å². The number of aromatic nitrogens is 1. The van der Waals surface area contributed by atoms with Crippen molar-refractivity contribution in [3.05, 3.63) is 17.5 Å². The smallest absolute Gasteiger partial charge is 0.191 e. The molecule has 6 nitrogen and oxygen atoms in total. The second-order valence-electron chi connectivity index (χ2n) is 7.53. The standard InChI is InChI=1S/C19H32N4O2.HI/c1-5-20-18(21-12-14-10-15(13(3)4)23-25-14)22-16-11-17(24-6-2)19(16)8-7-9-19;/h10,13,16-17H,5-9,11-12H2,1-4H3,(H2,20,21,22);1H. The van der Waals surface area contributed by atoms with E-state index in [2.05, 4.69) is 43.5 Å². The summed E-state index contributed by atoms with van der Waals surface area (Å²) < 4.78 is 11.3. The fourth-order valence-electron chi connectivity index (χ4n) is 3.96. The minimum absolute atomic E-state index is 0. The number of nitrogens with zero attached hydrogens (tertiary/aromatic N) is 2. The summed E-state index contributed by atoms with van der Waals surface area (Å²) in [6.45, 7) is 10.5. The highest BCUT2D eigenvalue weighted by atomic mass is 127. The summed E-state index contributed by atoms with van der Waals surface area (Å²) in [7, 11) is 0. The third-order valence-electron chi connectivity index (χ3n) is 5.65. The molecule has 0 aliphatic heterocycles. The zero-order chi connectivity index (χ0) is 17.9. The normalized spacial score (nSPS) is 24.0. The first-order valence-corrected chi connectivity index (χ1v) is 9.71. The number of ether oxygens (including phenoxy) is 1. The van der Waals surface area contributed by atoms with E-state index in [1.807, 2.05) is 6.07 Å². The maximum atomic E-state index is 5.94. The van der Waals surface area contributed by atoms with Gasteiger partial charge in [-0.15, -0.1) is 24.0 Å². The molecule has 0 saturated heterocycles. The van der Waals surface area contributed by atoms with Crippen molar-refractivity contribution in [2.75, 3.05) is 13.2 Å². The average Bonchev–Trinajstić information content (AvgIpc) is 2.99. The third kappa shape index (κ3) is 4.35. The van der Waals surface area contributed by atoms with Crippen molar-refractivity contribution in [1.29, 1.82) is 0 Å². The molecule has 1 aromatic rings. The molecular formula is C19H33IN4O2. The first-order valence-electron chi connectivity index (χ1n) is 9.71. The minimum Gasteiger partial charge on any atom is -0.378 e. The number of guanidine groups is 1. The lowest BCUT2D eigenvalue weighted by atomic mass is 9.51. The molecule has 3 rings (SSSR count). The Morgan fingerprint density at radius 2 is 2.19 bits per heavy atom. The van der Waals surface area contributed by atoms with Crippen LogP contribution in [0.15, 0.2) is 15.6 Å². The van der Waals surface area contributed by atoms with Gasteiger partial charge in [-0.2, -0.15) is 0 Å². The van der Waals surface area contributed by atoms with E-state index in [-0.39, 0.29) is 24.0 Å². The van der Waals surface area contributed by atoms with E-state index in [1.165, 1.54) is 19.3 Å². The number of halogens is 1. The lowest BCUT2D eigenvalue weighted by molar-refractivity contribution is -0.168. The summed E-state index contributed by atoms with van der Waals surface area (Å²) in [5, 5.41) is 11.1. The van der Waals surface area contributed by atoms with Gasteiger partial charge in [0.05, 0.1) is 11.8 Å². The van der Waals surface area contributed by atoms with Gasteiger partial charge in [0.2, 0.25) is 0 Å². The topological polar surface area (TPSA) is 71.7 Å². The van der Waals surface area contributed by atoms with E-state index in [4.69, 9.17) is 14.3 Å². The third-order valence-corrected chi connectivity index (χ3v) is 5.65. The van der Waals surface area contributed by atoms with Crippen molar-refractivity contribution >= 4 is 29.9 Å². The molecule has 0 aromatic carbocycles. The molecular weight excluding hydrogens is 443 g/mol. The Morgan fingerprint density at radius 1 is 1.42 bits per heavy atom. The van der Waals surface area contributed by atoms with Crippen LogP contribution in [0.5, 0.6) is 0 Å². The second kappa shape index (κ2) is 9.39. The van der Waals surface area contributed by atoms with Gasteiger partial charge in [-0.25, -0.2) is 4.99 Å². The second-order valence-corrected chi connectivity index (χ2v) is 7.53. The first-order chi connectivity index (χ1) is 12.1. The fourth-order valence-corrected chi connectivity index (χ4v) is 3.96. The number of aliphatic imine (C=N–C) groups is 1. The van der Waals surface area contributed by atoms with Crippen molar-refractivity contribution in [1.82, 2.24) is 15.8 Å². The Kier molecular flexibility index (Phi) is 7.76. The van der Waals surface area contributed by atoms with Gasteiger partial charge >= 0.3 is 0 Å². The molecule has 2 aliphatic carbocycles. The van der Waals surface area contributed by atoms with Gasteiger partial charge in [0.1, 0.15) is 6.54 Å². The van der Waals surface area contributed by atoms with E-state index in [0.717, 1.165) is 37.0 Å². The monoisotopic (exact) mass is 476 g/mol. The quantitative estimate of drug-likeness (QED) is 0.356. The molecule has 1 aromatic heterocycles. The zero-order valence-electron chi connectivity index (χ0n) is 16.4. The lowest BCUT2D eigenvalue weighted by Crippen LogP contribution is -2.68. The summed E-state index contributed by atoms with van der Waals surface area (Å²) in [6, 6.07) is 2.45. The fraction of sp³-hybridized carbons (Fsp3) is 0.789. The highest BCUT2D eigenvalue weighted by Crippen LogP contribution is 2.57. The van der Waals surface area contributed by atoms with Crippen LogP contribution in [0.3, 0.4) is 0 Å². The van der Waals surface area contributed by atoms with Crippen LogP contribution in [-0.2, 0) is 11.3 Å². The molecule has 148 valence electrons. The molecule has 2 atom stereocenters. The maximum absolute atomic E-state index is 5.94. The summed E-state index contributed by atoms with van der Waals surface area (Å²) >= 11 is 0. The van der Waals surface area contributed by atoms with Gasteiger partial charge in [0, 0.05) is 30.7 Å². The maximum Gasteiger partial charge on any atom is 0.191 e. The zero-order valence-corrected chi connectivity index (χ0v) is 18.7. The molecule has 2 saturated carbocycles. The first kappa shape index (κ1) is 21.5. The van der Waals surface area contributed by atoms with Crippen molar-refractivity contribution in [2.24, 2.45) is 10.4 Å². The van der Waals surface area contributed by atoms with Crippen LogP contribution in [0.1, 0.15) is 70.8 Å². The summed E-state index contributed by atoms with van der Waals surface area (Å²) in [5.41, 5.74) is 1.30. The van der Waals surface area contributed by atoms with Gasteiger partial charge < -0.3 is 19.9 Å². The highest BCUT2D eigenvalue weighted by molar-refractivity contribution is 14.0. The summed E-state index contributed by atoms with van der Waals surface area (Å²) in [4.78, 5) is 4.69. The van der Waals surface area contributed by atoms with Crippen LogP contribution in [0, 0.1) is 5.41 Å². The van der Waals surface area contributed by atoms with Crippen LogP contribution in [0.4, 0.5) is 0 Å². The lowest BCUT2D eigenvalue weighted by Gasteiger charge is -2.61. The van der Waals surface area contributed by atoms with Gasteiger partial charge in [-0.05, 0) is 39.0 Å². The molecule has 7 heteroatoms. The molecule has 0 amide bonds. The number of hydrogen-bond donors (Lipinski definition) is 2. The predicted octanol–water partition coefficient (Wildman–Crippen LogP) is 3.82. The van der Waals surface area contributed by atoms with E-state index in [0.29, 0.717) is 30.0 Å². The van der Waals surface area contributed by atoms with Crippen molar-refractivity contribution in [3.8, 4) is 0 Å². The molecule has 2 fully saturated rings. The van der Waals surface area contributed by atoms with E-state index in [9.17, 15) is 0 Å². The molecule has 2 N–H and O–H groups in total. The van der Waals surface area contributed by atoms with Crippen LogP contribution >= 0.6 is 24.0 Å². The number of hydrogen-bond acceptors (Lipinski definition) is 4. The molecule has 0 radical (unpaired) electrons. The molecule has 26 heavy (non-hydrogen) atoms. The summed E-state index contributed by atoms with van der Waals surface area (Å²) in [6.07, 6.45) is 5.31. The highest BCUT2D eigenvalue weighted by Gasteiger charge is 2.59. The van der Waals surface area contributed by atoms with Crippen LogP contribution in [0.25, 0.3) is 0 Å². The van der Waals surface area contributed by atoms with Gasteiger partial charge in [0.15, 0.2) is 11.7 Å². The Labute approximate surface area is 173 Å². The Bertz CT molecular complexity index is 598. The predicted molar refractivity (Wildman–Crippen MR) is 114 cm³/mol. The molecule has 0 bridgehead atoms.